The summed E-state index contributed by atoms with van der Waals surface area (Å²) in [6, 6.07) is 0. The van der Waals surface area contributed by atoms with Crippen molar-refractivity contribution in [2.45, 2.75) is 70.6 Å². The minimum atomic E-state index is 0.0878. The molecule has 3 nitrogen and oxygen atoms in total. The molecule has 1 saturated heterocycles. The number of hydrogen-bond donors (Lipinski definition) is 2. The molecule has 1 fully saturated rings. The van der Waals surface area contributed by atoms with Crippen molar-refractivity contribution in [3.8, 4) is 0 Å². The van der Waals surface area contributed by atoms with Crippen molar-refractivity contribution < 1.29 is 8.92 Å². The van der Waals surface area contributed by atoms with Gasteiger partial charge in [-0.05, 0) is 27.7 Å². The first kappa shape index (κ1) is 16.4. The molecule has 0 aliphatic carbocycles. The monoisotopic (exact) mass is 285 g/mol. The van der Waals surface area contributed by atoms with E-state index in [1.807, 2.05) is 0 Å². The van der Waals surface area contributed by atoms with Crippen LogP contribution in [0.4, 0.5) is 0 Å². The summed E-state index contributed by atoms with van der Waals surface area (Å²) in [7, 11) is 0. The molecule has 0 aromatic carbocycles. The first-order valence-electron chi connectivity index (χ1n) is 6.76. The topological polar surface area (TPSA) is 30.5 Å². The molecule has 110 valence electrons. The third-order valence-corrected chi connectivity index (χ3v) is 3.56. The Balaban J connectivity index is 2.47. The standard InChI is InChI=1S/C15H27NO2S/c1-11(7-8-12(2)18-19)17-13-9-14(3,4)16-15(5,6)10-13/h13,16,19H,1-2,7-10H2,3-6H3. The highest BCUT2D eigenvalue weighted by atomic mass is 32.1. The molecule has 0 unspecified atom stereocenters. The molecule has 1 heterocycles. The summed E-state index contributed by atoms with van der Waals surface area (Å²) < 4.78 is 10.8. The normalized spacial score (nSPS) is 21.7. The van der Waals surface area contributed by atoms with Gasteiger partial charge in [-0.25, -0.2) is 0 Å². The SMILES string of the molecule is C=C(CCC(=C)OC1CC(C)(C)NC(C)(C)C1)OS. The molecule has 0 spiro atoms. The van der Waals surface area contributed by atoms with E-state index >= 15 is 0 Å². The van der Waals surface area contributed by atoms with Gasteiger partial charge in [0.05, 0.1) is 5.76 Å². The molecule has 0 radical (unpaired) electrons. The molecule has 0 amide bonds. The third kappa shape index (κ3) is 5.91. The second-order valence-corrected chi connectivity index (χ2v) is 6.89. The summed E-state index contributed by atoms with van der Waals surface area (Å²) in [5.74, 6) is 1.43. The molecule has 1 aliphatic heterocycles. The highest BCUT2D eigenvalue weighted by molar-refractivity contribution is 7.75. The van der Waals surface area contributed by atoms with E-state index in [0.717, 1.165) is 25.0 Å². The van der Waals surface area contributed by atoms with Crippen molar-refractivity contribution in [3.63, 3.8) is 0 Å². The van der Waals surface area contributed by atoms with Gasteiger partial charge in [-0.15, -0.1) is 0 Å². The maximum atomic E-state index is 6.00. The number of allylic oxidation sites excluding steroid dienone is 2. The average Bonchev–Trinajstić information content (AvgIpc) is 2.21. The van der Waals surface area contributed by atoms with Crippen molar-refractivity contribution in [1.82, 2.24) is 5.32 Å². The van der Waals surface area contributed by atoms with Crippen LogP contribution < -0.4 is 5.32 Å². The van der Waals surface area contributed by atoms with Crippen LogP contribution in [0.5, 0.6) is 0 Å². The van der Waals surface area contributed by atoms with Crippen molar-refractivity contribution >= 4 is 12.9 Å². The Hall–Kier alpha value is -0.610. The van der Waals surface area contributed by atoms with Gasteiger partial charge in [0.1, 0.15) is 11.9 Å². The highest BCUT2D eigenvalue weighted by Crippen LogP contribution is 2.31. The minimum absolute atomic E-state index is 0.0878. The zero-order chi connectivity index (χ0) is 14.7. The fourth-order valence-electron chi connectivity index (χ4n) is 2.93. The number of thiol groups is 1. The van der Waals surface area contributed by atoms with E-state index in [0.29, 0.717) is 12.2 Å². The lowest BCUT2D eigenvalue weighted by molar-refractivity contribution is 0.0113. The van der Waals surface area contributed by atoms with Crippen LogP contribution in [0.2, 0.25) is 0 Å². The molecule has 0 aromatic rings. The maximum absolute atomic E-state index is 6.00. The number of hydrogen-bond acceptors (Lipinski definition) is 4. The zero-order valence-corrected chi connectivity index (χ0v) is 13.5. The lowest BCUT2D eigenvalue weighted by atomic mass is 9.81. The van der Waals surface area contributed by atoms with Crippen LogP contribution in [0.15, 0.2) is 24.7 Å². The van der Waals surface area contributed by atoms with Gasteiger partial charge in [-0.2, -0.15) is 0 Å². The van der Waals surface area contributed by atoms with Crippen molar-refractivity contribution in [2.75, 3.05) is 0 Å². The minimum Gasteiger partial charge on any atom is -0.495 e. The first-order valence-corrected chi connectivity index (χ1v) is 7.13. The molecule has 1 aliphatic rings. The van der Waals surface area contributed by atoms with Gasteiger partial charge in [-0.1, -0.05) is 13.2 Å². The lowest BCUT2D eigenvalue weighted by Gasteiger charge is -2.46. The van der Waals surface area contributed by atoms with Crippen LogP contribution in [-0.4, -0.2) is 17.2 Å². The van der Waals surface area contributed by atoms with Crippen molar-refractivity contribution in [3.05, 3.63) is 24.7 Å². The Labute approximate surface area is 123 Å². The zero-order valence-electron chi connectivity index (χ0n) is 12.6. The third-order valence-electron chi connectivity index (χ3n) is 3.30. The van der Waals surface area contributed by atoms with E-state index in [-0.39, 0.29) is 17.2 Å². The van der Waals surface area contributed by atoms with Crippen LogP contribution in [0.3, 0.4) is 0 Å². The molecule has 0 aromatic heterocycles. The van der Waals surface area contributed by atoms with Gasteiger partial charge < -0.3 is 14.2 Å². The molecule has 0 bridgehead atoms. The summed E-state index contributed by atoms with van der Waals surface area (Å²) in [6.07, 6.45) is 3.60. The van der Waals surface area contributed by atoms with Gasteiger partial charge in [0, 0.05) is 49.7 Å². The van der Waals surface area contributed by atoms with E-state index < -0.39 is 0 Å². The van der Waals surface area contributed by atoms with Gasteiger partial charge in [0.2, 0.25) is 0 Å². The van der Waals surface area contributed by atoms with E-state index in [1.165, 1.54) is 0 Å². The molecule has 19 heavy (non-hydrogen) atoms. The number of rotatable bonds is 6. The number of nitrogens with one attached hydrogen (secondary N) is 1. The van der Waals surface area contributed by atoms with E-state index in [4.69, 9.17) is 8.92 Å². The highest BCUT2D eigenvalue weighted by Gasteiger charge is 2.38. The summed E-state index contributed by atoms with van der Waals surface area (Å²) >= 11 is 3.72. The van der Waals surface area contributed by atoms with Crippen molar-refractivity contribution in [2.24, 2.45) is 0 Å². The Morgan fingerprint density at radius 2 is 1.58 bits per heavy atom. The Kier molecular flexibility index (Phi) is 5.39. The summed E-state index contributed by atoms with van der Waals surface area (Å²) in [4.78, 5) is 0. The van der Waals surface area contributed by atoms with Crippen LogP contribution in [-0.2, 0) is 8.92 Å². The van der Waals surface area contributed by atoms with Gasteiger partial charge in [0.15, 0.2) is 0 Å². The van der Waals surface area contributed by atoms with E-state index in [2.05, 4.69) is 59.1 Å². The maximum Gasteiger partial charge on any atom is 0.107 e. The van der Waals surface area contributed by atoms with Gasteiger partial charge in [-0.3, -0.25) is 0 Å². The van der Waals surface area contributed by atoms with Crippen LogP contribution in [0, 0.1) is 0 Å². The Morgan fingerprint density at radius 1 is 1.11 bits per heavy atom. The quantitative estimate of drug-likeness (QED) is 0.439. The lowest BCUT2D eigenvalue weighted by Crippen LogP contribution is -2.59. The summed E-state index contributed by atoms with van der Waals surface area (Å²) in [5, 5.41) is 3.64. The van der Waals surface area contributed by atoms with Crippen molar-refractivity contribution in [1.29, 1.82) is 0 Å². The van der Waals surface area contributed by atoms with Crippen LogP contribution >= 0.6 is 12.9 Å². The molecule has 1 rings (SSSR count). The smallest absolute Gasteiger partial charge is 0.107 e. The van der Waals surface area contributed by atoms with Gasteiger partial charge in [0.25, 0.3) is 0 Å². The first-order chi connectivity index (χ1) is 8.63. The second-order valence-electron chi connectivity index (χ2n) is 6.71. The summed E-state index contributed by atoms with van der Waals surface area (Å²) in [5.41, 5.74) is 0.176. The number of piperidine rings is 1. The van der Waals surface area contributed by atoms with Crippen LogP contribution in [0.1, 0.15) is 53.4 Å². The Bertz CT molecular complexity index is 334. The molecule has 0 saturated carbocycles. The average molecular weight is 285 g/mol. The van der Waals surface area contributed by atoms with E-state index in [1.54, 1.807) is 0 Å². The molecular weight excluding hydrogens is 258 g/mol. The predicted octanol–water partition coefficient (Wildman–Crippen LogP) is 3.98. The molecular formula is C15H27NO2S. The molecule has 1 N–H and O–H groups in total. The fraction of sp³-hybridized carbons (Fsp3) is 0.733. The summed E-state index contributed by atoms with van der Waals surface area (Å²) in [6.45, 7) is 16.6. The van der Waals surface area contributed by atoms with Gasteiger partial charge >= 0.3 is 0 Å². The van der Waals surface area contributed by atoms with E-state index in [9.17, 15) is 0 Å². The van der Waals surface area contributed by atoms with Crippen LogP contribution in [0.25, 0.3) is 0 Å². The second kappa shape index (κ2) is 6.23. The largest absolute Gasteiger partial charge is 0.495 e. The predicted molar refractivity (Wildman–Crippen MR) is 83.0 cm³/mol. The molecule has 4 heteroatoms. The number of ether oxygens (including phenoxy) is 1. The fourth-order valence-corrected chi connectivity index (χ4v) is 3.02. The Morgan fingerprint density at radius 3 is 2.05 bits per heavy atom. The molecule has 0 atom stereocenters.